The maximum Gasteiger partial charge on any atom is 0.126 e. The summed E-state index contributed by atoms with van der Waals surface area (Å²) in [6.45, 7) is 0.967. The molecular formula is C13H17N3S. The molecule has 17 heavy (non-hydrogen) atoms. The first kappa shape index (κ1) is 12.0. The number of pyridine rings is 1. The molecule has 0 aliphatic carbocycles. The first-order valence-corrected chi connectivity index (χ1v) is 7.08. The third-order valence-electron chi connectivity index (χ3n) is 2.54. The third kappa shape index (κ3) is 3.27. The Kier molecular flexibility index (Phi) is 4.09. The van der Waals surface area contributed by atoms with Crippen LogP contribution in [-0.2, 0) is 0 Å². The van der Waals surface area contributed by atoms with Crippen molar-refractivity contribution in [3.05, 3.63) is 30.3 Å². The molecule has 90 valence electrons. The Bertz CT molecular complexity index is 499. The van der Waals surface area contributed by atoms with Crippen LogP contribution in [0.3, 0.4) is 0 Å². The second kappa shape index (κ2) is 5.77. The van der Waals surface area contributed by atoms with E-state index in [1.54, 1.807) is 0 Å². The Labute approximate surface area is 106 Å². The topological polar surface area (TPSA) is 50.9 Å². The lowest BCUT2D eigenvalue weighted by Crippen LogP contribution is -2.04. The standard InChI is InChI=1S/C13H17N3S/c1-17-8-2-7-15-13-6-3-10-9-11(14)4-5-12(10)16-13/h3-6,9H,2,7-8,14H2,1H3,(H,15,16). The van der Waals surface area contributed by atoms with Crippen molar-refractivity contribution in [2.75, 3.05) is 29.6 Å². The van der Waals surface area contributed by atoms with Gasteiger partial charge in [-0.05, 0) is 48.8 Å². The van der Waals surface area contributed by atoms with Crippen LogP contribution in [0.25, 0.3) is 10.9 Å². The summed E-state index contributed by atoms with van der Waals surface area (Å²) in [5.41, 5.74) is 7.49. The van der Waals surface area contributed by atoms with Gasteiger partial charge in [0.05, 0.1) is 5.52 Å². The molecule has 0 saturated heterocycles. The number of hydrogen-bond donors (Lipinski definition) is 2. The Balaban J connectivity index is 2.07. The number of rotatable bonds is 5. The number of fused-ring (bicyclic) bond motifs is 1. The molecule has 1 aromatic heterocycles. The minimum Gasteiger partial charge on any atom is -0.399 e. The zero-order valence-electron chi connectivity index (χ0n) is 9.94. The normalized spacial score (nSPS) is 10.6. The van der Waals surface area contributed by atoms with Crippen molar-refractivity contribution in [2.24, 2.45) is 0 Å². The number of thioether (sulfide) groups is 1. The van der Waals surface area contributed by atoms with Crippen LogP contribution in [0.4, 0.5) is 11.5 Å². The molecule has 0 spiro atoms. The molecule has 3 nitrogen and oxygen atoms in total. The van der Waals surface area contributed by atoms with E-state index in [0.717, 1.165) is 35.4 Å². The fourth-order valence-electron chi connectivity index (χ4n) is 1.68. The molecule has 0 saturated carbocycles. The lowest BCUT2D eigenvalue weighted by atomic mass is 10.2. The fraction of sp³-hybridized carbons (Fsp3) is 0.308. The van der Waals surface area contributed by atoms with Crippen molar-refractivity contribution in [1.29, 1.82) is 0 Å². The van der Waals surface area contributed by atoms with E-state index in [9.17, 15) is 0 Å². The maximum absolute atomic E-state index is 5.73. The molecule has 0 bridgehead atoms. The van der Waals surface area contributed by atoms with Gasteiger partial charge in [0.15, 0.2) is 0 Å². The minimum absolute atomic E-state index is 0.778. The van der Waals surface area contributed by atoms with Gasteiger partial charge in [-0.3, -0.25) is 0 Å². The second-order valence-electron chi connectivity index (χ2n) is 3.92. The largest absolute Gasteiger partial charge is 0.399 e. The summed E-state index contributed by atoms with van der Waals surface area (Å²) in [7, 11) is 0. The summed E-state index contributed by atoms with van der Waals surface area (Å²) in [6.07, 6.45) is 3.28. The van der Waals surface area contributed by atoms with Gasteiger partial charge in [-0.25, -0.2) is 4.98 Å². The monoisotopic (exact) mass is 247 g/mol. The van der Waals surface area contributed by atoms with Gasteiger partial charge in [0, 0.05) is 17.6 Å². The predicted molar refractivity (Wildman–Crippen MR) is 77.6 cm³/mol. The zero-order chi connectivity index (χ0) is 12.1. The summed E-state index contributed by atoms with van der Waals surface area (Å²) in [4.78, 5) is 4.54. The molecule has 0 aliphatic heterocycles. The highest BCUT2D eigenvalue weighted by atomic mass is 32.2. The van der Waals surface area contributed by atoms with Gasteiger partial charge in [0.1, 0.15) is 5.82 Å². The van der Waals surface area contributed by atoms with Crippen LogP contribution >= 0.6 is 11.8 Å². The Hall–Kier alpha value is -1.42. The summed E-state index contributed by atoms with van der Waals surface area (Å²) < 4.78 is 0. The Morgan fingerprint density at radius 1 is 1.29 bits per heavy atom. The molecule has 4 heteroatoms. The highest BCUT2D eigenvalue weighted by Crippen LogP contribution is 2.17. The van der Waals surface area contributed by atoms with Crippen LogP contribution in [-0.4, -0.2) is 23.5 Å². The van der Waals surface area contributed by atoms with E-state index in [0.29, 0.717) is 0 Å². The first-order valence-electron chi connectivity index (χ1n) is 5.69. The molecule has 3 N–H and O–H groups in total. The molecule has 0 fully saturated rings. The number of benzene rings is 1. The van der Waals surface area contributed by atoms with Crippen molar-refractivity contribution in [1.82, 2.24) is 4.98 Å². The van der Waals surface area contributed by atoms with Gasteiger partial charge in [0.25, 0.3) is 0 Å². The third-order valence-corrected chi connectivity index (χ3v) is 3.24. The highest BCUT2D eigenvalue weighted by Gasteiger charge is 1.98. The molecule has 2 aromatic rings. The second-order valence-corrected chi connectivity index (χ2v) is 4.91. The van der Waals surface area contributed by atoms with Crippen LogP contribution in [0, 0.1) is 0 Å². The highest BCUT2D eigenvalue weighted by molar-refractivity contribution is 7.98. The molecule has 0 atom stereocenters. The molecule has 1 heterocycles. The number of nitrogens with one attached hydrogen (secondary N) is 1. The Morgan fingerprint density at radius 2 is 2.18 bits per heavy atom. The van der Waals surface area contributed by atoms with E-state index in [2.05, 4.69) is 22.6 Å². The van der Waals surface area contributed by atoms with Gasteiger partial charge in [-0.1, -0.05) is 0 Å². The van der Waals surface area contributed by atoms with Crippen molar-refractivity contribution in [2.45, 2.75) is 6.42 Å². The SMILES string of the molecule is CSCCCNc1ccc2cc(N)ccc2n1. The average Bonchev–Trinajstić information content (AvgIpc) is 2.35. The van der Waals surface area contributed by atoms with Crippen LogP contribution in [0.2, 0.25) is 0 Å². The van der Waals surface area contributed by atoms with Gasteiger partial charge in [0.2, 0.25) is 0 Å². The fourth-order valence-corrected chi connectivity index (χ4v) is 2.11. The molecule has 2 rings (SSSR count). The Morgan fingerprint density at radius 3 is 3.00 bits per heavy atom. The molecule has 0 unspecified atom stereocenters. The van der Waals surface area contributed by atoms with Crippen molar-refractivity contribution >= 4 is 34.2 Å². The smallest absolute Gasteiger partial charge is 0.126 e. The maximum atomic E-state index is 5.73. The van der Waals surface area contributed by atoms with Gasteiger partial charge in [-0.15, -0.1) is 0 Å². The minimum atomic E-state index is 0.778. The summed E-state index contributed by atoms with van der Waals surface area (Å²) in [5, 5.41) is 4.41. The predicted octanol–water partition coefficient (Wildman–Crippen LogP) is 2.98. The van der Waals surface area contributed by atoms with Gasteiger partial charge >= 0.3 is 0 Å². The van der Waals surface area contributed by atoms with Crippen molar-refractivity contribution in [3.8, 4) is 0 Å². The summed E-state index contributed by atoms with van der Waals surface area (Å²) >= 11 is 1.87. The average molecular weight is 247 g/mol. The van der Waals surface area contributed by atoms with E-state index in [4.69, 9.17) is 5.73 Å². The molecule has 1 aromatic carbocycles. The zero-order valence-corrected chi connectivity index (χ0v) is 10.8. The lowest BCUT2D eigenvalue weighted by molar-refractivity contribution is 0.984. The van der Waals surface area contributed by atoms with Crippen LogP contribution in [0.5, 0.6) is 0 Å². The molecule has 0 aliphatic rings. The number of nitrogens with zero attached hydrogens (tertiary/aromatic N) is 1. The number of nitrogens with two attached hydrogens (primary N) is 1. The van der Waals surface area contributed by atoms with Crippen LogP contribution < -0.4 is 11.1 Å². The van der Waals surface area contributed by atoms with E-state index < -0.39 is 0 Å². The quantitative estimate of drug-likeness (QED) is 0.630. The number of nitrogen functional groups attached to an aromatic ring is 1. The molecular weight excluding hydrogens is 230 g/mol. The van der Waals surface area contributed by atoms with Gasteiger partial charge in [-0.2, -0.15) is 11.8 Å². The van der Waals surface area contributed by atoms with Gasteiger partial charge < -0.3 is 11.1 Å². The number of anilines is 2. The van der Waals surface area contributed by atoms with Crippen LogP contribution in [0.1, 0.15) is 6.42 Å². The number of aromatic nitrogens is 1. The van der Waals surface area contributed by atoms with Crippen molar-refractivity contribution < 1.29 is 0 Å². The number of hydrogen-bond acceptors (Lipinski definition) is 4. The van der Waals surface area contributed by atoms with Crippen molar-refractivity contribution in [3.63, 3.8) is 0 Å². The summed E-state index contributed by atoms with van der Waals surface area (Å²) in [6, 6.07) is 9.83. The van der Waals surface area contributed by atoms with E-state index >= 15 is 0 Å². The molecule has 0 radical (unpaired) electrons. The summed E-state index contributed by atoms with van der Waals surface area (Å²) in [5.74, 6) is 2.11. The van der Waals surface area contributed by atoms with E-state index in [-0.39, 0.29) is 0 Å². The van der Waals surface area contributed by atoms with Crippen LogP contribution in [0.15, 0.2) is 30.3 Å². The lowest BCUT2D eigenvalue weighted by Gasteiger charge is -2.06. The van der Waals surface area contributed by atoms with E-state index in [1.807, 2.05) is 36.0 Å². The molecule has 0 amide bonds. The van der Waals surface area contributed by atoms with E-state index in [1.165, 1.54) is 5.75 Å². The first-order chi connectivity index (χ1) is 8.29.